The monoisotopic (exact) mass is 316 g/mol. The molecule has 0 atom stereocenters. The number of benzene rings is 2. The lowest BCUT2D eigenvalue weighted by Gasteiger charge is -2.18. The number of rotatable bonds is 2. The van der Waals surface area contributed by atoms with E-state index in [2.05, 4.69) is 10.6 Å². The molecular formula is C16H13ClN2OS. The van der Waals surface area contributed by atoms with Crippen molar-refractivity contribution in [1.82, 2.24) is 0 Å². The number of hydrogen-bond acceptors (Lipinski definition) is 3. The zero-order valence-electron chi connectivity index (χ0n) is 11.3. The van der Waals surface area contributed by atoms with Gasteiger partial charge in [-0.05, 0) is 37.3 Å². The molecular weight excluding hydrogens is 304 g/mol. The molecule has 0 fully saturated rings. The number of anilines is 2. The average Bonchev–Trinajstić information content (AvgIpc) is 2.47. The summed E-state index contributed by atoms with van der Waals surface area (Å²) >= 11 is 7.39. The number of fused-ring (bicyclic) bond motifs is 1. The van der Waals surface area contributed by atoms with Gasteiger partial charge in [-0.25, -0.2) is 0 Å². The largest absolute Gasteiger partial charge is 0.360 e. The van der Waals surface area contributed by atoms with E-state index in [4.69, 9.17) is 11.6 Å². The van der Waals surface area contributed by atoms with Crippen LogP contribution in [0.4, 0.5) is 11.4 Å². The Labute approximate surface area is 132 Å². The molecule has 2 aromatic carbocycles. The summed E-state index contributed by atoms with van der Waals surface area (Å²) in [6, 6.07) is 13.4. The van der Waals surface area contributed by atoms with E-state index in [1.165, 1.54) is 17.3 Å². The van der Waals surface area contributed by atoms with Gasteiger partial charge in [0.1, 0.15) is 0 Å². The van der Waals surface area contributed by atoms with Crippen LogP contribution >= 0.6 is 23.4 Å². The summed E-state index contributed by atoms with van der Waals surface area (Å²) in [6.07, 6.45) is 1.72. The zero-order valence-corrected chi connectivity index (χ0v) is 12.9. The first kappa shape index (κ1) is 14.0. The number of carbonyl (C=O) groups excluding carboxylic acids is 1. The molecule has 2 aromatic rings. The average molecular weight is 317 g/mol. The second kappa shape index (κ2) is 5.84. The van der Waals surface area contributed by atoms with Gasteiger partial charge in [0.2, 0.25) is 0 Å². The number of hydrogen-bond donors (Lipinski definition) is 2. The number of amides is 1. The quantitative estimate of drug-likeness (QED) is 0.793. The van der Waals surface area contributed by atoms with Crippen molar-refractivity contribution in [2.45, 2.75) is 11.8 Å². The third kappa shape index (κ3) is 3.23. The van der Waals surface area contributed by atoms with E-state index in [1.807, 2.05) is 43.3 Å². The Hall–Kier alpha value is -1.91. The predicted octanol–water partition coefficient (Wildman–Crippen LogP) is 4.65. The fourth-order valence-electron chi connectivity index (χ4n) is 1.93. The van der Waals surface area contributed by atoms with Crippen molar-refractivity contribution in [3.05, 3.63) is 64.2 Å². The van der Waals surface area contributed by atoms with Crippen LogP contribution in [0.5, 0.6) is 0 Å². The molecule has 1 heterocycles. The molecule has 5 heteroatoms. The summed E-state index contributed by atoms with van der Waals surface area (Å²) in [5.41, 5.74) is 2.93. The van der Waals surface area contributed by atoms with Gasteiger partial charge in [0.15, 0.2) is 0 Å². The van der Waals surface area contributed by atoms with Crippen molar-refractivity contribution in [2.75, 3.05) is 10.6 Å². The fraction of sp³-hybridized carbons (Fsp3) is 0.0625. The standard InChI is InChI=1S/C16H13ClN2OS/c1-10-2-5-12(6-3-10)18-9-15-16(20)19-13-7-4-11(17)8-14(13)21-15/h2-9,18H,1H3,(H,19,20). The molecule has 0 saturated heterocycles. The maximum absolute atomic E-state index is 12.0. The molecule has 106 valence electrons. The first-order chi connectivity index (χ1) is 10.1. The topological polar surface area (TPSA) is 41.1 Å². The maximum atomic E-state index is 12.0. The lowest BCUT2D eigenvalue weighted by atomic mass is 10.2. The molecule has 3 nitrogen and oxygen atoms in total. The van der Waals surface area contributed by atoms with Crippen LogP contribution in [-0.4, -0.2) is 5.91 Å². The summed E-state index contributed by atoms with van der Waals surface area (Å²) in [7, 11) is 0. The number of carbonyl (C=O) groups is 1. The Morgan fingerprint density at radius 2 is 1.95 bits per heavy atom. The molecule has 1 aliphatic heterocycles. The molecule has 0 aromatic heterocycles. The molecule has 0 saturated carbocycles. The summed E-state index contributed by atoms with van der Waals surface area (Å²) in [5, 5.41) is 6.65. The van der Waals surface area contributed by atoms with Crippen LogP contribution in [0.1, 0.15) is 5.56 Å². The van der Waals surface area contributed by atoms with Crippen molar-refractivity contribution >= 4 is 40.6 Å². The number of thioether (sulfide) groups is 1. The summed E-state index contributed by atoms with van der Waals surface area (Å²) in [5.74, 6) is -0.116. The molecule has 0 aliphatic carbocycles. The van der Waals surface area contributed by atoms with Gasteiger partial charge in [-0.3, -0.25) is 4.79 Å². The number of aryl methyl sites for hydroxylation is 1. The van der Waals surface area contributed by atoms with Gasteiger partial charge in [0.05, 0.1) is 10.6 Å². The van der Waals surface area contributed by atoms with E-state index in [-0.39, 0.29) is 5.91 Å². The van der Waals surface area contributed by atoms with Crippen LogP contribution < -0.4 is 10.6 Å². The predicted molar refractivity (Wildman–Crippen MR) is 88.8 cm³/mol. The fourth-order valence-corrected chi connectivity index (χ4v) is 3.08. The van der Waals surface area contributed by atoms with E-state index in [0.29, 0.717) is 9.93 Å². The van der Waals surface area contributed by atoms with Gasteiger partial charge in [-0.15, -0.1) is 0 Å². The summed E-state index contributed by atoms with van der Waals surface area (Å²) in [4.78, 5) is 13.6. The second-order valence-corrected chi connectivity index (χ2v) is 6.24. The lowest BCUT2D eigenvalue weighted by molar-refractivity contribution is -0.112. The van der Waals surface area contributed by atoms with Crippen LogP contribution in [0.2, 0.25) is 5.02 Å². The second-order valence-electron chi connectivity index (χ2n) is 4.72. The maximum Gasteiger partial charge on any atom is 0.263 e. The molecule has 0 spiro atoms. The molecule has 21 heavy (non-hydrogen) atoms. The minimum Gasteiger partial charge on any atom is -0.360 e. The van der Waals surface area contributed by atoms with E-state index >= 15 is 0 Å². The third-order valence-electron chi connectivity index (χ3n) is 3.06. The van der Waals surface area contributed by atoms with Crippen LogP contribution in [0.25, 0.3) is 0 Å². The molecule has 2 N–H and O–H groups in total. The van der Waals surface area contributed by atoms with Gasteiger partial charge in [-0.2, -0.15) is 0 Å². The van der Waals surface area contributed by atoms with Crippen LogP contribution in [0.3, 0.4) is 0 Å². The van der Waals surface area contributed by atoms with Crippen molar-refractivity contribution in [2.24, 2.45) is 0 Å². The van der Waals surface area contributed by atoms with Crippen molar-refractivity contribution in [3.8, 4) is 0 Å². The molecule has 1 amide bonds. The first-order valence-corrected chi connectivity index (χ1v) is 7.63. The lowest BCUT2D eigenvalue weighted by Crippen LogP contribution is -2.18. The molecule has 0 bridgehead atoms. The van der Waals surface area contributed by atoms with E-state index in [9.17, 15) is 4.79 Å². The van der Waals surface area contributed by atoms with Gasteiger partial charge in [0, 0.05) is 21.8 Å². The summed E-state index contributed by atoms with van der Waals surface area (Å²) < 4.78 is 0. The Kier molecular flexibility index (Phi) is 3.90. The highest BCUT2D eigenvalue weighted by Crippen LogP contribution is 2.39. The normalized spacial score (nSPS) is 15.5. The molecule has 1 aliphatic rings. The van der Waals surface area contributed by atoms with Crippen LogP contribution in [0.15, 0.2) is 58.5 Å². The Bertz CT molecular complexity index is 726. The van der Waals surface area contributed by atoms with E-state index in [0.717, 1.165) is 16.3 Å². The molecule has 3 rings (SSSR count). The SMILES string of the molecule is Cc1ccc(NC=C2Sc3cc(Cl)ccc3NC2=O)cc1. The molecule has 0 radical (unpaired) electrons. The van der Waals surface area contributed by atoms with E-state index < -0.39 is 0 Å². The van der Waals surface area contributed by atoms with Gasteiger partial charge in [-0.1, -0.05) is 41.1 Å². The Morgan fingerprint density at radius 1 is 1.19 bits per heavy atom. The smallest absolute Gasteiger partial charge is 0.263 e. The van der Waals surface area contributed by atoms with Crippen molar-refractivity contribution in [3.63, 3.8) is 0 Å². The highest BCUT2D eigenvalue weighted by Gasteiger charge is 2.21. The summed E-state index contributed by atoms with van der Waals surface area (Å²) in [6.45, 7) is 2.04. The highest BCUT2D eigenvalue weighted by atomic mass is 35.5. The molecule has 0 unspecified atom stereocenters. The Balaban J connectivity index is 1.81. The third-order valence-corrected chi connectivity index (χ3v) is 4.37. The number of nitrogens with one attached hydrogen (secondary N) is 2. The van der Waals surface area contributed by atoms with Gasteiger partial charge >= 0.3 is 0 Å². The van der Waals surface area contributed by atoms with E-state index in [1.54, 1.807) is 12.3 Å². The number of halogens is 1. The highest BCUT2D eigenvalue weighted by molar-refractivity contribution is 8.04. The Morgan fingerprint density at radius 3 is 2.71 bits per heavy atom. The first-order valence-electron chi connectivity index (χ1n) is 6.44. The van der Waals surface area contributed by atoms with Crippen molar-refractivity contribution < 1.29 is 4.79 Å². The van der Waals surface area contributed by atoms with Gasteiger partial charge < -0.3 is 10.6 Å². The van der Waals surface area contributed by atoms with Crippen molar-refractivity contribution in [1.29, 1.82) is 0 Å². The zero-order chi connectivity index (χ0) is 14.8. The van der Waals surface area contributed by atoms with Gasteiger partial charge in [0.25, 0.3) is 5.91 Å². The van der Waals surface area contributed by atoms with Crippen LogP contribution in [-0.2, 0) is 4.79 Å². The van der Waals surface area contributed by atoms with Crippen LogP contribution in [0, 0.1) is 6.92 Å². The minimum atomic E-state index is -0.116. The minimum absolute atomic E-state index is 0.116.